The Morgan fingerprint density at radius 2 is 1.72 bits per heavy atom. The van der Waals surface area contributed by atoms with Gasteiger partial charge in [0, 0.05) is 0 Å². The predicted molar refractivity (Wildman–Crippen MR) is 62.4 cm³/mol. The van der Waals surface area contributed by atoms with Crippen LogP contribution in [0.3, 0.4) is 0 Å². The first-order chi connectivity index (χ1) is 8.29. The number of phenols is 1. The Balaban J connectivity index is 2.74. The highest BCUT2D eigenvalue weighted by molar-refractivity contribution is 7.85. The van der Waals surface area contributed by atoms with Crippen molar-refractivity contribution < 1.29 is 28.0 Å². The Bertz CT molecular complexity index is 747. The van der Waals surface area contributed by atoms with E-state index in [0.717, 1.165) is 18.2 Å². The summed E-state index contributed by atoms with van der Waals surface area (Å²) in [7, 11) is -4.33. The molecular weight excluding hydrogens is 260 g/mol. The molecule has 3 N–H and O–H groups in total. The Kier molecular flexibility index (Phi) is 2.72. The van der Waals surface area contributed by atoms with E-state index in [9.17, 15) is 18.3 Å². The normalized spacial score (nSPS) is 11.6. The zero-order valence-electron chi connectivity index (χ0n) is 8.86. The maximum Gasteiger partial charge on any atom is 0.339 e. The first-order valence-electron chi connectivity index (χ1n) is 4.76. The van der Waals surface area contributed by atoms with Crippen LogP contribution in [-0.4, -0.2) is 29.2 Å². The molecule has 0 amide bonds. The Hall–Kier alpha value is -2.12. The lowest BCUT2D eigenvalue weighted by Crippen LogP contribution is -1.99. The van der Waals surface area contributed by atoms with Crippen LogP contribution in [-0.2, 0) is 10.1 Å². The second-order valence-electron chi connectivity index (χ2n) is 3.66. The first kappa shape index (κ1) is 12.3. The molecule has 18 heavy (non-hydrogen) atoms. The fourth-order valence-corrected chi connectivity index (χ4v) is 2.11. The SMILES string of the molecule is O=C(O)c1cc2ccc(S(=O)(=O)O)cc2cc1O. The Labute approximate surface area is 102 Å². The summed E-state index contributed by atoms with van der Waals surface area (Å²) in [6, 6.07) is 6.01. The van der Waals surface area contributed by atoms with Gasteiger partial charge in [-0.1, -0.05) is 6.07 Å². The molecular formula is C11H8O6S. The number of hydrogen-bond acceptors (Lipinski definition) is 4. The van der Waals surface area contributed by atoms with Crippen molar-refractivity contribution in [2.24, 2.45) is 0 Å². The predicted octanol–water partition coefficient (Wildman–Crippen LogP) is 1.49. The molecule has 7 heteroatoms. The van der Waals surface area contributed by atoms with Crippen LogP contribution in [0.5, 0.6) is 5.75 Å². The average Bonchev–Trinajstić information content (AvgIpc) is 2.25. The number of aromatic carboxylic acids is 1. The van der Waals surface area contributed by atoms with E-state index in [0.29, 0.717) is 10.8 Å². The molecule has 0 radical (unpaired) electrons. The number of hydrogen-bond donors (Lipinski definition) is 3. The molecule has 94 valence electrons. The monoisotopic (exact) mass is 268 g/mol. The topological polar surface area (TPSA) is 112 Å². The highest BCUT2D eigenvalue weighted by Gasteiger charge is 2.14. The highest BCUT2D eigenvalue weighted by Crippen LogP contribution is 2.27. The van der Waals surface area contributed by atoms with Gasteiger partial charge in [-0.15, -0.1) is 0 Å². The first-order valence-corrected chi connectivity index (χ1v) is 6.20. The van der Waals surface area contributed by atoms with Crippen LogP contribution >= 0.6 is 0 Å². The van der Waals surface area contributed by atoms with Gasteiger partial charge in [0.1, 0.15) is 11.3 Å². The zero-order valence-corrected chi connectivity index (χ0v) is 9.68. The third-order valence-corrected chi connectivity index (χ3v) is 3.30. The lowest BCUT2D eigenvalue weighted by Gasteiger charge is -2.04. The largest absolute Gasteiger partial charge is 0.507 e. The van der Waals surface area contributed by atoms with Gasteiger partial charge in [-0.3, -0.25) is 4.55 Å². The molecule has 0 aliphatic heterocycles. The molecule has 2 rings (SSSR count). The van der Waals surface area contributed by atoms with Crippen LogP contribution in [0, 0.1) is 0 Å². The minimum absolute atomic E-state index is 0.276. The summed E-state index contributed by atoms with van der Waals surface area (Å²) in [6.07, 6.45) is 0. The second-order valence-corrected chi connectivity index (χ2v) is 5.08. The molecule has 0 aromatic heterocycles. The molecule has 6 nitrogen and oxygen atoms in total. The smallest absolute Gasteiger partial charge is 0.339 e. The fraction of sp³-hybridized carbons (Fsp3) is 0. The van der Waals surface area contributed by atoms with Gasteiger partial charge < -0.3 is 10.2 Å². The van der Waals surface area contributed by atoms with Crippen LogP contribution in [0.15, 0.2) is 35.2 Å². The maximum atomic E-state index is 10.9. The highest BCUT2D eigenvalue weighted by atomic mass is 32.2. The fourth-order valence-electron chi connectivity index (χ4n) is 1.60. The van der Waals surface area contributed by atoms with Crippen molar-refractivity contribution in [1.29, 1.82) is 0 Å². The van der Waals surface area contributed by atoms with E-state index in [1.807, 2.05) is 0 Å². The molecule has 0 saturated carbocycles. The number of carboxylic acid groups (broad SMARTS) is 1. The van der Waals surface area contributed by atoms with Crippen molar-refractivity contribution in [3.63, 3.8) is 0 Å². The van der Waals surface area contributed by atoms with Crippen molar-refractivity contribution in [3.8, 4) is 5.75 Å². The number of fused-ring (bicyclic) bond motifs is 1. The van der Waals surface area contributed by atoms with Gasteiger partial charge in [0.25, 0.3) is 10.1 Å². The zero-order chi connectivity index (χ0) is 13.5. The van der Waals surface area contributed by atoms with Gasteiger partial charge in [0.05, 0.1) is 4.90 Å². The van der Waals surface area contributed by atoms with Crippen molar-refractivity contribution in [3.05, 3.63) is 35.9 Å². The van der Waals surface area contributed by atoms with E-state index in [-0.39, 0.29) is 10.5 Å². The van der Waals surface area contributed by atoms with Gasteiger partial charge in [-0.25, -0.2) is 4.79 Å². The summed E-state index contributed by atoms with van der Waals surface area (Å²) in [6.45, 7) is 0. The Morgan fingerprint density at radius 1 is 1.06 bits per heavy atom. The third kappa shape index (κ3) is 2.13. The van der Waals surface area contributed by atoms with Gasteiger partial charge in [-0.2, -0.15) is 8.42 Å². The summed E-state index contributed by atoms with van der Waals surface area (Å²) in [5, 5.41) is 19.0. The van der Waals surface area contributed by atoms with E-state index in [4.69, 9.17) is 9.66 Å². The number of carboxylic acids is 1. The molecule has 0 aliphatic carbocycles. The summed E-state index contributed by atoms with van der Waals surface area (Å²) in [4.78, 5) is 10.5. The van der Waals surface area contributed by atoms with Crippen molar-refractivity contribution >= 4 is 26.9 Å². The number of rotatable bonds is 2. The summed E-state index contributed by atoms with van der Waals surface area (Å²) in [5.41, 5.74) is -0.276. The quantitative estimate of drug-likeness (QED) is 0.711. The van der Waals surface area contributed by atoms with Crippen LogP contribution in [0.2, 0.25) is 0 Å². The molecule has 2 aromatic carbocycles. The Morgan fingerprint density at radius 3 is 2.28 bits per heavy atom. The van der Waals surface area contributed by atoms with Crippen molar-refractivity contribution in [2.75, 3.05) is 0 Å². The molecule has 0 saturated heterocycles. The average molecular weight is 268 g/mol. The molecule has 0 bridgehead atoms. The minimum Gasteiger partial charge on any atom is -0.507 e. The lowest BCUT2D eigenvalue weighted by atomic mass is 10.1. The van der Waals surface area contributed by atoms with Crippen molar-refractivity contribution in [1.82, 2.24) is 0 Å². The number of benzene rings is 2. The lowest BCUT2D eigenvalue weighted by molar-refractivity contribution is 0.0694. The van der Waals surface area contributed by atoms with E-state index >= 15 is 0 Å². The molecule has 0 atom stereocenters. The molecule has 0 heterocycles. The van der Waals surface area contributed by atoms with Gasteiger partial charge in [0.2, 0.25) is 0 Å². The number of aromatic hydroxyl groups is 1. The van der Waals surface area contributed by atoms with E-state index in [1.54, 1.807) is 0 Å². The summed E-state index contributed by atoms with van der Waals surface area (Å²) in [5.74, 6) is -1.75. The third-order valence-electron chi connectivity index (χ3n) is 2.45. The summed E-state index contributed by atoms with van der Waals surface area (Å²) >= 11 is 0. The number of carbonyl (C=O) groups is 1. The van der Waals surface area contributed by atoms with Gasteiger partial charge in [-0.05, 0) is 35.0 Å². The van der Waals surface area contributed by atoms with Crippen molar-refractivity contribution in [2.45, 2.75) is 4.90 Å². The molecule has 2 aromatic rings. The molecule has 0 aliphatic rings. The minimum atomic E-state index is -4.33. The molecule has 0 unspecified atom stereocenters. The van der Waals surface area contributed by atoms with E-state index < -0.39 is 21.8 Å². The standard InChI is InChI=1S/C11H8O6S/c12-10-5-7-3-8(18(15,16)17)2-1-6(7)4-9(10)11(13)14/h1-5,12H,(H,13,14)(H,15,16,17). The van der Waals surface area contributed by atoms with E-state index in [1.165, 1.54) is 12.1 Å². The maximum absolute atomic E-state index is 10.9. The van der Waals surface area contributed by atoms with Gasteiger partial charge >= 0.3 is 5.97 Å². The van der Waals surface area contributed by atoms with Crippen LogP contribution < -0.4 is 0 Å². The van der Waals surface area contributed by atoms with Crippen LogP contribution in [0.4, 0.5) is 0 Å². The molecule has 0 fully saturated rings. The van der Waals surface area contributed by atoms with Gasteiger partial charge in [0.15, 0.2) is 0 Å². The molecule has 0 spiro atoms. The summed E-state index contributed by atoms with van der Waals surface area (Å²) < 4.78 is 30.7. The van der Waals surface area contributed by atoms with Crippen LogP contribution in [0.25, 0.3) is 10.8 Å². The van der Waals surface area contributed by atoms with Crippen LogP contribution in [0.1, 0.15) is 10.4 Å². The van der Waals surface area contributed by atoms with E-state index in [2.05, 4.69) is 0 Å². The second kappa shape index (κ2) is 3.97.